The van der Waals surface area contributed by atoms with Gasteiger partial charge in [-0.15, -0.1) is 0 Å². The van der Waals surface area contributed by atoms with E-state index in [0.717, 1.165) is 18.4 Å². The summed E-state index contributed by atoms with van der Waals surface area (Å²) in [6.45, 7) is 2.46. The topological polar surface area (TPSA) is 65.5 Å². The van der Waals surface area contributed by atoms with E-state index in [0.29, 0.717) is 43.1 Å². The number of aromatic nitrogens is 2. The van der Waals surface area contributed by atoms with Gasteiger partial charge in [-0.3, -0.25) is 4.98 Å². The van der Waals surface area contributed by atoms with Crippen LogP contribution in [-0.2, 0) is 16.1 Å². The molecule has 1 aromatic carbocycles. The van der Waals surface area contributed by atoms with Crippen LogP contribution in [0.15, 0.2) is 36.7 Å². The van der Waals surface area contributed by atoms with Gasteiger partial charge in [0.25, 0.3) is 0 Å². The molecule has 1 saturated heterocycles. The second kappa shape index (κ2) is 8.47. The molecule has 1 N–H and O–H groups in total. The lowest BCUT2D eigenvalue weighted by Gasteiger charge is -2.36. The molecule has 0 spiro atoms. The van der Waals surface area contributed by atoms with Gasteiger partial charge in [-0.05, 0) is 17.7 Å². The van der Waals surface area contributed by atoms with Crippen LogP contribution in [0, 0.1) is 0 Å². The standard InChI is InChI=1S/C18H22ClN3O3/c1-23-18(5-7-24-8-6-18)13-21-16-10-20-11-17(22-16)25-12-14-3-2-4-15(19)9-14/h2-4,9-11H,5-8,12-13H2,1H3,(H,21,22). The van der Waals surface area contributed by atoms with Gasteiger partial charge in [0.2, 0.25) is 5.88 Å². The van der Waals surface area contributed by atoms with Crippen molar-refractivity contribution in [2.75, 3.05) is 32.2 Å². The molecule has 25 heavy (non-hydrogen) atoms. The summed E-state index contributed by atoms with van der Waals surface area (Å²) in [5.41, 5.74) is 0.755. The Labute approximate surface area is 152 Å². The molecule has 0 unspecified atom stereocenters. The Bertz CT molecular complexity index is 693. The number of hydrogen-bond donors (Lipinski definition) is 1. The Balaban J connectivity index is 1.57. The maximum atomic E-state index is 5.98. The summed E-state index contributed by atoms with van der Waals surface area (Å²) < 4.78 is 16.8. The van der Waals surface area contributed by atoms with Crippen LogP contribution < -0.4 is 10.1 Å². The van der Waals surface area contributed by atoms with Gasteiger partial charge in [0.1, 0.15) is 12.4 Å². The summed E-state index contributed by atoms with van der Waals surface area (Å²) in [5, 5.41) is 3.98. The summed E-state index contributed by atoms with van der Waals surface area (Å²) in [7, 11) is 1.74. The van der Waals surface area contributed by atoms with E-state index < -0.39 is 0 Å². The molecule has 2 aromatic rings. The SMILES string of the molecule is COC1(CNc2cncc(OCc3cccc(Cl)c3)n2)CCOCC1. The number of ether oxygens (including phenoxy) is 3. The first-order chi connectivity index (χ1) is 12.2. The highest BCUT2D eigenvalue weighted by Gasteiger charge is 2.32. The van der Waals surface area contributed by atoms with Crippen LogP contribution in [-0.4, -0.2) is 42.4 Å². The monoisotopic (exact) mass is 363 g/mol. The van der Waals surface area contributed by atoms with Crippen LogP contribution in [0.5, 0.6) is 5.88 Å². The van der Waals surface area contributed by atoms with Crippen molar-refractivity contribution in [2.24, 2.45) is 0 Å². The lowest BCUT2D eigenvalue weighted by Crippen LogP contribution is -2.44. The maximum Gasteiger partial charge on any atom is 0.234 e. The summed E-state index contributed by atoms with van der Waals surface area (Å²) in [5.74, 6) is 1.12. The quantitative estimate of drug-likeness (QED) is 0.814. The van der Waals surface area contributed by atoms with Crippen molar-refractivity contribution in [3.8, 4) is 5.88 Å². The van der Waals surface area contributed by atoms with E-state index in [1.807, 2.05) is 24.3 Å². The molecule has 0 saturated carbocycles. The first-order valence-corrected chi connectivity index (χ1v) is 8.63. The Kier molecular flexibility index (Phi) is 6.07. The van der Waals surface area contributed by atoms with Crippen molar-refractivity contribution in [3.63, 3.8) is 0 Å². The summed E-state index contributed by atoms with van der Waals surface area (Å²) >= 11 is 5.98. The second-order valence-electron chi connectivity index (χ2n) is 6.01. The summed E-state index contributed by atoms with van der Waals surface area (Å²) in [6.07, 6.45) is 4.98. The fraction of sp³-hybridized carbons (Fsp3) is 0.444. The predicted molar refractivity (Wildman–Crippen MR) is 96.1 cm³/mol. The fourth-order valence-corrected chi connectivity index (χ4v) is 2.95. The molecule has 1 aliphatic rings. The van der Waals surface area contributed by atoms with Crippen LogP contribution in [0.2, 0.25) is 5.02 Å². The van der Waals surface area contributed by atoms with Crippen LogP contribution in [0.3, 0.4) is 0 Å². The van der Waals surface area contributed by atoms with Gasteiger partial charge in [0, 0.05) is 44.7 Å². The highest BCUT2D eigenvalue weighted by molar-refractivity contribution is 6.30. The Morgan fingerprint density at radius 3 is 2.88 bits per heavy atom. The number of benzene rings is 1. The van der Waals surface area contributed by atoms with Gasteiger partial charge in [-0.2, -0.15) is 4.98 Å². The van der Waals surface area contributed by atoms with E-state index in [-0.39, 0.29) is 5.60 Å². The molecule has 0 aliphatic carbocycles. The van der Waals surface area contributed by atoms with Crippen molar-refractivity contribution < 1.29 is 14.2 Å². The normalized spacial score (nSPS) is 16.4. The van der Waals surface area contributed by atoms with E-state index in [1.165, 1.54) is 0 Å². The highest BCUT2D eigenvalue weighted by atomic mass is 35.5. The average molecular weight is 364 g/mol. The molecule has 0 bridgehead atoms. The van der Waals surface area contributed by atoms with E-state index in [1.54, 1.807) is 19.5 Å². The van der Waals surface area contributed by atoms with Gasteiger partial charge in [-0.25, -0.2) is 0 Å². The molecule has 1 aliphatic heterocycles. The first kappa shape index (κ1) is 17.9. The number of halogens is 1. The number of rotatable bonds is 7. The molecule has 134 valence electrons. The van der Waals surface area contributed by atoms with Crippen LogP contribution in [0.4, 0.5) is 5.82 Å². The van der Waals surface area contributed by atoms with Gasteiger partial charge in [-0.1, -0.05) is 23.7 Å². The zero-order valence-electron chi connectivity index (χ0n) is 14.2. The van der Waals surface area contributed by atoms with Crippen molar-refractivity contribution in [1.82, 2.24) is 9.97 Å². The molecule has 1 aromatic heterocycles. The van der Waals surface area contributed by atoms with Crippen molar-refractivity contribution >= 4 is 17.4 Å². The molecule has 0 radical (unpaired) electrons. The summed E-state index contributed by atoms with van der Waals surface area (Å²) in [6, 6.07) is 7.54. The Morgan fingerprint density at radius 2 is 2.12 bits per heavy atom. The minimum absolute atomic E-state index is 0.225. The Hall–Kier alpha value is -1.89. The highest BCUT2D eigenvalue weighted by Crippen LogP contribution is 2.25. The smallest absolute Gasteiger partial charge is 0.234 e. The number of anilines is 1. The number of nitrogens with one attached hydrogen (secondary N) is 1. The first-order valence-electron chi connectivity index (χ1n) is 8.25. The molecule has 2 heterocycles. The van der Waals surface area contributed by atoms with Gasteiger partial charge < -0.3 is 19.5 Å². The largest absolute Gasteiger partial charge is 0.472 e. The zero-order valence-corrected chi connectivity index (χ0v) is 15.0. The van der Waals surface area contributed by atoms with Crippen LogP contribution in [0.25, 0.3) is 0 Å². The van der Waals surface area contributed by atoms with Gasteiger partial charge in [0.15, 0.2) is 0 Å². The molecule has 7 heteroatoms. The third kappa shape index (κ3) is 5.04. The molecule has 3 rings (SSSR count). The molecule has 0 atom stereocenters. The fourth-order valence-electron chi connectivity index (χ4n) is 2.73. The molecule has 6 nitrogen and oxygen atoms in total. The average Bonchev–Trinajstić information content (AvgIpc) is 2.66. The van der Waals surface area contributed by atoms with Gasteiger partial charge in [0.05, 0.1) is 18.0 Å². The van der Waals surface area contributed by atoms with Crippen molar-refractivity contribution in [2.45, 2.75) is 25.0 Å². The van der Waals surface area contributed by atoms with E-state index in [9.17, 15) is 0 Å². The summed E-state index contributed by atoms with van der Waals surface area (Å²) in [4.78, 5) is 8.63. The number of nitrogens with zero attached hydrogens (tertiary/aromatic N) is 2. The lowest BCUT2D eigenvalue weighted by atomic mass is 9.94. The lowest BCUT2D eigenvalue weighted by molar-refractivity contribution is -0.0807. The second-order valence-corrected chi connectivity index (χ2v) is 6.45. The number of hydrogen-bond acceptors (Lipinski definition) is 6. The third-order valence-corrected chi connectivity index (χ3v) is 4.55. The minimum Gasteiger partial charge on any atom is -0.472 e. The van der Waals surface area contributed by atoms with Crippen LogP contribution in [0.1, 0.15) is 18.4 Å². The van der Waals surface area contributed by atoms with Crippen LogP contribution >= 0.6 is 11.6 Å². The third-order valence-electron chi connectivity index (χ3n) is 4.32. The predicted octanol–water partition coefficient (Wildman–Crippen LogP) is 3.32. The van der Waals surface area contributed by atoms with Gasteiger partial charge >= 0.3 is 0 Å². The molecule has 0 amide bonds. The molecular formula is C18H22ClN3O3. The van der Waals surface area contributed by atoms with E-state index in [4.69, 9.17) is 25.8 Å². The maximum absolute atomic E-state index is 5.98. The zero-order chi connectivity index (χ0) is 17.5. The van der Waals surface area contributed by atoms with Crippen molar-refractivity contribution in [3.05, 3.63) is 47.2 Å². The molecule has 1 fully saturated rings. The van der Waals surface area contributed by atoms with E-state index in [2.05, 4.69) is 15.3 Å². The van der Waals surface area contributed by atoms with E-state index >= 15 is 0 Å². The number of methoxy groups -OCH3 is 1. The van der Waals surface area contributed by atoms with Crippen molar-refractivity contribution in [1.29, 1.82) is 0 Å². The molecular weight excluding hydrogens is 342 g/mol. The Morgan fingerprint density at radius 1 is 1.28 bits per heavy atom. The minimum atomic E-state index is -0.225.